The van der Waals surface area contributed by atoms with Gasteiger partial charge in [-0.2, -0.15) is 0 Å². The van der Waals surface area contributed by atoms with E-state index in [-0.39, 0.29) is 28.2 Å². The number of aromatic nitrogens is 2. The van der Waals surface area contributed by atoms with Gasteiger partial charge in [0.1, 0.15) is 12.1 Å². The van der Waals surface area contributed by atoms with Gasteiger partial charge in [0.2, 0.25) is 15.9 Å². The van der Waals surface area contributed by atoms with Crippen LogP contribution in [0.4, 0.5) is 11.4 Å². The van der Waals surface area contributed by atoms with E-state index in [2.05, 4.69) is 30.2 Å². The molecule has 1 aliphatic heterocycles. The second-order valence-electron chi connectivity index (χ2n) is 11.2. The van der Waals surface area contributed by atoms with Gasteiger partial charge in [-0.15, -0.1) is 0 Å². The van der Waals surface area contributed by atoms with Gasteiger partial charge in [0.05, 0.1) is 35.5 Å². The van der Waals surface area contributed by atoms with Crippen molar-refractivity contribution in [3.05, 3.63) is 64.6 Å². The van der Waals surface area contributed by atoms with Gasteiger partial charge in [0.15, 0.2) is 5.75 Å². The lowest BCUT2D eigenvalue weighted by Crippen LogP contribution is -2.28. The maximum atomic E-state index is 13.4. The molecule has 226 valence electrons. The number of hydrogen-bond acceptors (Lipinski definition) is 9. The predicted molar refractivity (Wildman–Crippen MR) is 164 cm³/mol. The minimum Gasteiger partial charge on any atom is -0.492 e. The molecule has 0 bridgehead atoms. The number of methoxy groups -OCH3 is 1. The quantitative estimate of drug-likeness (QED) is 0.314. The highest BCUT2D eigenvalue weighted by Crippen LogP contribution is 2.39. The fourth-order valence-corrected chi connectivity index (χ4v) is 5.20. The third-order valence-corrected chi connectivity index (χ3v) is 7.53. The van der Waals surface area contributed by atoms with Gasteiger partial charge in [0.25, 0.3) is 5.91 Å². The maximum absolute atomic E-state index is 13.4. The van der Waals surface area contributed by atoms with Gasteiger partial charge in [-0.25, -0.2) is 18.4 Å². The first-order valence-corrected chi connectivity index (χ1v) is 15.8. The number of hydrogen-bond donors (Lipinski definition) is 3. The third-order valence-electron chi connectivity index (χ3n) is 6.63. The zero-order valence-corrected chi connectivity index (χ0v) is 26.0. The number of amides is 1. The minimum atomic E-state index is -3.61. The van der Waals surface area contributed by atoms with E-state index in [1.165, 1.54) is 19.5 Å². The van der Waals surface area contributed by atoms with Crippen LogP contribution in [-0.4, -0.2) is 68.7 Å². The van der Waals surface area contributed by atoms with E-state index in [1.54, 1.807) is 30.3 Å². The molecule has 3 N–H and O–H groups in total. The van der Waals surface area contributed by atoms with Crippen molar-refractivity contribution in [2.75, 3.05) is 49.6 Å². The van der Waals surface area contributed by atoms with Crippen LogP contribution in [0.5, 0.6) is 17.4 Å². The standard InChI is InChI=1S/C29H37ClN6O5S/c1-29(2,3)20-14-23(27(40-4)24(15-20)35-42(5,38)39)34-28(37)19-7-8-22(30)25(13-19)41-26-16-21(32-18-33-26)17-36-11-6-9-31-10-12-36/h7-8,13-16,18,31,35H,6,9-12,17H2,1-5H3,(H,34,37). The number of benzene rings is 2. The average Bonchev–Trinajstić information content (AvgIpc) is 3.17. The van der Waals surface area contributed by atoms with Crippen LogP contribution >= 0.6 is 11.6 Å². The van der Waals surface area contributed by atoms with Crippen molar-refractivity contribution in [2.45, 2.75) is 39.2 Å². The summed E-state index contributed by atoms with van der Waals surface area (Å²) in [6, 6.07) is 9.89. The number of nitrogens with zero attached hydrogens (tertiary/aromatic N) is 3. The lowest BCUT2D eigenvalue weighted by atomic mass is 9.86. The topological polar surface area (TPSA) is 135 Å². The summed E-state index contributed by atoms with van der Waals surface area (Å²) in [4.78, 5) is 24.4. The van der Waals surface area contributed by atoms with E-state index in [4.69, 9.17) is 21.1 Å². The van der Waals surface area contributed by atoms with E-state index < -0.39 is 15.9 Å². The molecular weight excluding hydrogens is 580 g/mol. The second kappa shape index (κ2) is 13.2. The molecule has 13 heteroatoms. The SMILES string of the molecule is COc1c(NC(=O)c2ccc(Cl)c(Oc3cc(CN4CCCNCC4)ncn3)c2)cc(C(C)(C)C)cc1NS(C)(=O)=O. The summed E-state index contributed by atoms with van der Waals surface area (Å²) < 4.78 is 38.1. The Balaban J connectivity index is 1.58. The summed E-state index contributed by atoms with van der Waals surface area (Å²) in [5, 5.41) is 6.55. The van der Waals surface area contributed by atoms with Crippen LogP contribution in [0.3, 0.4) is 0 Å². The first-order valence-electron chi connectivity index (χ1n) is 13.6. The number of halogens is 1. The molecule has 1 aliphatic rings. The summed E-state index contributed by atoms with van der Waals surface area (Å²) in [6.07, 6.45) is 3.57. The Labute approximate surface area is 252 Å². The molecule has 42 heavy (non-hydrogen) atoms. The highest BCUT2D eigenvalue weighted by molar-refractivity contribution is 7.92. The summed E-state index contributed by atoms with van der Waals surface area (Å²) in [6.45, 7) is 10.5. The molecule has 3 aromatic rings. The first kappa shape index (κ1) is 31.5. The number of carbonyl (C=O) groups excluding carboxylic acids is 1. The van der Waals surface area contributed by atoms with Gasteiger partial charge in [-0.1, -0.05) is 32.4 Å². The van der Waals surface area contributed by atoms with E-state index in [0.29, 0.717) is 23.1 Å². The molecule has 2 heterocycles. The van der Waals surface area contributed by atoms with Crippen molar-refractivity contribution in [1.82, 2.24) is 20.2 Å². The summed E-state index contributed by atoms with van der Waals surface area (Å²) in [7, 11) is -2.21. The molecule has 0 saturated carbocycles. The Kier molecular flexibility index (Phi) is 9.93. The second-order valence-corrected chi connectivity index (χ2v) is 13.3. The van der Waals surface area contributed by atoms with Crippen LogP contribution in [0.2, 0.25) is 5.02 Å². The monoisotopic (exact) mass is 616 g/mol. The highest BCUT2D eigenvalue weighted by Gasteiger charge is 2.23. The fourth-order valence-electron chi connectivity index (χ4n) is 4.49. The van der Waals surface area contributed by atoms with Crippen molar-refractivity contribution in [1.29, 1.82) is 0 Å². The largest absolute Gasteiger partial charge is 0.492 e. The van der Waals surface area contributed by atoms with Crippen LogP contribution in [-0.2, 0) is 22.0 Å². The number of ether oxygens (including phenoxy) is 2. The Morgan fingerprint density at radius 2 is 1.86 bits per heavy atom. The molecule has 0 spiro atoms. The van der Waals surface area contributed by atoms with Gasteiger partial charge >= 0.3 is 0 Å². The Hall–Kier alpha value is -3.45. The van der Waals surface area contributed by atoms with E-state index in [0.717, 1.165) is 50.1 Å². The molecule has 4 rings (SSSR count). The minimum absolute atomic E-state index is 0.181. The predicted octanol–water partition coefficient (Wildman–Crippen LogP) is 4.65. The normalized spacial score (nSPS) is 14.6. The molecule has 0 aliphatic carbocycles. The fraction of sp³-hybridized carbons (Fsp3) is 0.414. The Morgan fingerprint density at radius 1 is 1.10 bits per heavy atom. The van der Waals surface area contributed by atoms with Gasteiger partial charge < -0.3 is 20.1 Å². The molecule has 11 nitrogen and oxygen atoms in total. The number of nitrogens with one attached hydrogen (secondary N) is 3. The molecule has 1 fully saturated rings. The van der Waals surface area contributed by atoms with Gasteiger partial charge in [-0.3, -0.25) is 14.4 Å². The van der Waals surface area contributed by atoms with Crippen molar-refractivity contribution in [3.8, 4) is 17.4 Å². The Bertz CT molecular complexity index is 1540. The zero-order chi connectivity index (χ0) is 30.5. The average molecular weight is 617 g/mol. The number of carbonyl (C=O) groups is 1. The molecule has 1 saturated heterocycles. The summed E-state index contributed by atoms with van der Waals surface area (Å²) >= 11 is 6.43. The van der Waals surface area contributed by atoms with E-state index in [9.17, 15) is 13.2 Å². The Morgan fingerprint density at radius 3 is 2.57 bits per heavy atom. The lowest BCUT2D eigenvalue weighted by Gasteiger charge is -2.24. The zero-order valence-electron chi connectivity index (χ0n) is 24.5. The van der Waals surface area contributed by atoms with Crippen molar-refractivity contribution in [2.24, 2.45) is 0 Å². The number of rotatable bonds is 9. The van der Waals surface area contributed by atoms with Crippen LogP contribution in [0.1, 0.15) is 48.8 Å². The van der Waals surface area contributed by atoms with Crippen LogP contribution in [0.15, 0.2) is 42.7 Å². The van der Waals surface area contributed by atoms with Crippen LogP contribution in [0.25, 0.3) is 0 Å². The smallest absolute Gasteiger partial charge is 0.255 e. The third kappa shape index (κ3) is 8.54. The number of anilines is 2. The molecular formula is C29H37ClN6O5S. The maximum Gasteiger partial charge on any atom is 0.255 e. The van der Waals surface area contributed by atoms with Crippen molar-refractivity contribution < 1.29 is 22.7 Å². The number of sulfonamides is 1. The molecule has 0 unspecified atom stereocenters. The molecule has 1 amide bonds. The molecule has 0 radical (unpaired) electrons. The first-order chi connectivity index (χ1) is 19.8. The molecule has 2 aromatic carbocycles. The van der Waals surface area contributed by atoms with E-state index >= 15 is 0 Å². The van der Waals surface area contributed by atoms with Crippen LogP contribution < -0.4 is 24.8 Å². The lowest BCUT2D eigenvalue weighted by molar-refractivity contribution is 0.102. The molecule has 1 aromatic heterocycles. The molecule has 0 atom stereocenters. The van der Waals surface area contributed by atoms with Crippen LogP contribution in [0, 0.1) is 0 Å². The van der Waals surface area contributed by atoms with Gasteiger partial charge in [0, 0.05) is 31.3 Å². The van der Waals surface area contributed by atoms with Crippen molar-refractivity contribution >= 4 is 38.9 Å². The van der Waals surface area contributed by atoms with Gasteiger partial charge in [-0.05, 0) is 60.8 Å². The highest BCUT2D eigenvalue weighted by atomic mass is 35.5. The van der Waals surface area contributed by atoms with E-state index in [1.807, 2.05) is 20.8 Å². The summed E-state index contributed by atoms with van der Waals surface area (Å²) in [5.41, 5.74) is 2.06. The summed E-state index contributed by atoms with van der Waals surface area (Å²) in [5.74, 6) is 0.275. The van der Waals surface area contributed by atoms with Crippen molar-refractivity contribution in [3.63, 3.8) is 0 Å².